The van der Waals surface area contributed by atoms with Gasteiger partial charge in [-0.15, -0.1) is 12.4 Å². The predicted molar refractivity (Wildman–Crippen MR) is 98.6 cm³/mol. The average molecular weight is 371 g/mol. The topological polar surface area (TPSA) is 32.8 Å². The van der Waals surface area contributed by atoms with E-state index in [4.69, 9.17) is 4.74 Å². The van der Waals surface area contributed by atoms with Crippen LogP contribution in [-0.2, 0) is 16.0 Å². The molecule has 25 heavy (non-hydrogen) atoms. The summed E-state index contributed by atoms with van der Waals surface area (Å²) in [7, 11) is 0. The van der Waals surface area contributed by atoms with Crippen LogP contribution in [0.3, 0.4) is 0 Å². The summed E-state index contributed by atoms with van der Waals surface area (Å²) in [4.78, 5) is 16.4. The van der Waals surface area contributed by atoms with Gasteiger partial charge in [-0.2, -0.15) is 0 Å². The summed E-state index contributed by atoms with van der Waals surface area (Å²) < 4.78 is 19.4. The smallest absolute Gasteiger partial charge is 0.251 e. The van der Waals surface area contributed by atoms with Gasteiger partial charge in [0, 0.05) is 32.7 Å². The van der Waals surface area contributed by atoms with Crippen molar-refractivity contribution in [3.63, 3.8) is 0 Å². The summed E-state index contributed by atoms with van der Waals surface area (Å²) >= 11 is 0. The molecule has 1 spiro atoms. The molecular weight excluding hydrogens is 343 g/mol. The summed E-state index contributed by atoms with van der Waals surface area (Å²) in [6.07, 6.45) is 2.42. The fourth-order valence-electron chi connectivity index (χ4n) is 3.85. The van der Waals surface area contributed by atoms with E-state index < -0.39 is 0 Å². The van der Waals surface area contributed by atoms with E-state index in [1.807, 2.05) is 24.8 Å². The highest BCUT2D eigenvalue weighted by molar-refractivity contribution is 5.85. The van der Waals surface area contributed by atoms with Crippen LogP contribution in [0.25, 0.3) is 0 Å². The van der Waals surface area contributed by atoms with E-state index in [-0.39, 0.29) is 35.8 Å². The summed E-state index contributed by atoms with van der Waals surface area (Å²) in [6, 6.07) is 6.84. The standard InChI is InChI=1S/C19H27FN2O2.ClH/c1-3-22-14-19(24-15(2)18(22)23)8-11-21(12-9-19)10-7-16-5-4-6-17(20)13-16;/h4-6,13,15H,3,7-12,14H2,1-2H3;1H. The molecular formula is C19H28ClFN2O2. The Morgan fingerprint density at radius 2 is 2.04 bits per heavy atom. The molecule has 0 N–H and O–H groups in total. The molecule has 3 rings (SSSR count). The highest BCUT2D eigenvalue weighted by atomic mass is 35.5. The Kier molecular flexibility index (Phi) is 6.83. The van der Waals surface area contributed by atoms with Gasteiger partial charge >= 0.3 is 0 Å². The number of carbonyl (C=O) groups is 1. The number of nitrogens with zero attached hydrogens (tertiary/aromatic N) is 2. The quantitative estimate of drug-likeness (QED) is 0.817. The van der Waals surface area contributed by atoms with Crippen molar-refractivity contribution in [2.24, 2.45) is 0 Å². The van der Waals surface area contributed by atoms with E-state index in [0.29, 0.717) is 6.54 Å². The zero-order chi connectivity index (χ0) is 17.2. The van der Waals surface area contributed by atoms with Crippen LogP contribution in [0.15, 0.2) is 24.3 Å². The largest absolute Gasteiger partial charge is 0.360 e. The van der Waals surface area contributed by atoms with Gasteiger partial charge in [-0.05, 0) is 50.8 Å². The molecule has 0 bridgehead atoms. The monoisotopic (exact) mass is 370 g/mol. The Balaban J connectivity index is 0.00000225. The zero-order valence-electron chi connectivity index (χ0n) is 15.0. The molecule has 0 radical (unpaired) electrons. The van der Waals surface area contributed by atoms with Crippen molar-refractivity contribution in [3.8, 4) is 0 Å². The van der Waals surface area contributed by atoms with Crippen LogP contribution in [-0.4, -0.2) is 60.1 Å². The van der Waals surface area contributed by atoms with E-state index in [1.165, 1.54) is 6.07 Å². The molecule has 0 aliphatic carbocycles. The minimum Gasteiger partial charge on any atom is -0.360 e. The van der Waals surface area contributed by atoms with Crippen molar-refractivity contribution in [2.45, 2.75) is 44.8 Å². The molecule has 0 saturated carbocycles. The minimum absolute atomic E-state index is 0. The lowest BCUT2D eigenvalue weighted by Gasteiger charge is -2.49. The Hall–Kier alpha value is -1.17. The fourth-order valence-corrected chi connectivity index (χ4v) is 3.85. The van der Waals surface area contributed by atoms with Crippen molar-refractivity contribution in [1.82, 2.24) is 9.80 Å². The number of rotatable bonds is 4. The maximum absolute atomic E-state index is 13.2. The fraction of sp³-hybridized carbons (Fsp3) is 0.632. The molecule has 140 valence electrons. The number of carbonyl (C=O) groups excluding carboxylic acids is 1. The van der Waals surface area contributed by atoms with Gasteiger partial charge in [-0.3, -0.25) is 4.79 Å². The molecule has 1 aromatic rings. The van der Waals surface area contributed by atoms with Gasteiger partial charge in [0.2, 0.25) is 0 Å². The molecule has 2 fully saturated rings. The van der Waals surface area contributed by atoms with Gasteiger partial charge in [0.15, 0.2) is 0 Å². The Morgan fingerprint density at radius 3 is 2.68 bits per heavy atom. The van der Waals surface area contributed by atoms with Crippen LogP contribution < -0.4 is 0 Å². The first kappa shape index (κ1) is 20.1. The normalized spacial score (nSPS) is 23.6. The van der Waals surface area contributed by atoms with Gasteiger partial charge in [-0.25, -0.2) is 4.39 Å². The third kappa shape index (κ3) is 4.72. The first-order valence-electron chi connectivity index (χ1n) is 8.95. The van der Waals surface area contributed by atoms with Gasteiger partial charge in [0.05, 0.1) is 5.60 Å². The van der Waals surface area contributed by atoms with E-state index in [1.54, 1.807) is 12.1 Å². The molecule has 6 heteroatoms. The lowest BCUT2D eigenvalue weighted by Crippen LogP contribution is -2.61. The van der Waals surface area contributed by atoms with Gasteiger partial charge in [0.1, 0.15) is 11.9 Å². The summed E-state index contributed by atoms with van der Waals surface area (Å²) in [5.74, 6) is -0.0596. The number of morpholine rings is 1. The zero-order valence-corrected chi connectivity index (χ0v) is 15.9. The molecule has 4 nitrogen and oxygen atoms in total. The summed E-state index contributed by atoms with van der Waals surface area (Å²) in [6.45, 7) is 8.22. The molecule has 1 atom stereocenters. The van der Waals surface area contributed by atoms with Gasteiger partial charge < -0.3 is 14.5 Å². The molecule has 2 aliphatic heterocycles. The number of hydrogen-bond donors (Lipinski definition) is 0. The van der Waals surface area contributed by atoms with E-state index >= 15 is 0 Å². The highest BCUT2D eigenvalue weighted by Gasteiger charge is 2.44. The number of piperidine rings is 1. The number of likely N-dealkylation sites (N-methyl/N-ethyl adjacent to an activating group) is 1. The van der Waals surface area contributed by atoms with Crippen LogP contribution in [0, 0.1) is 5.82 Å². The molecule has 2 heterocycles. The Labute approximate surface area is 155 Å². The van der Waals surface area contributed by atoms with Crippen molar-refractivity contribution in [2.75, 3.05) is 32.7 Å². The Bertz CT molecular complexity index is 591. The summed E-state index contributed by atoms with van der Waals surface area (Å²) in [5, 5.41) is 0. The van der Waals surface area contributed by atoms with Crippen LogP contribution in [0.4, 0.5) is 4.39 Å². The van der Waals surface area contributed by atoms with Crippen LogP contribution in [0.2, 0.25) is 0 Å². The van der Waals surface area contributed by atoms with Crippen molar-refractivity contribution >= 4 is 18.3 Å². The Morgan fingerprint density at radius 1 is 1.32 bits per heavy atom. The predicted octanol–water partition coefficient (Wildman–Crippen LogP) is 2.89. The van der Waals surface area contributed by atoms with Crippen LogP contribution in [0.1, 0.15) is 32.3 Å². The maximum atomic E-state index is 13.2. The second kappa shape index (κ2) is 8.47. The molecule has 2 saturated heterocycles. The van der Waals surface area contributed by atoms with Gasteiger partial charge in [-0.1, -0.05) is 12.1 Å². The average Bonchev–Trinajstić information content (AvgIpc) is 2.58. The van der Waals surface area contributed by atoms with Crippen molar-refractivity contribution in [3.05, 3.63) is 35.6 Å². The summed E-state index contributed by atoms with van der Waals surface area (Å²) in [5.41, 5.74) is 0.860. The van der Waals surface area contributed by atoms with E-state index in [9.17, 15) is 9.18 Å². The number of benzene rings is 1. The lowest BCUT2D eigenvalue weighted by molar-refractivity contribution is -0.189. The van der Waals surface area contributed by atoms with E-state index in [2.05, 4.69) is 4.90 Å². The third-order valence-electron chi connectivity index (χ3n) is 5.32. The second-order valence-corrected chi connectivity index (χ2v) is 7.02. The number of amides is 1. The number of hydrogen-bond acceptors (Lipinski definition) is 3. The highest BCUT2D eigenvalue weighted by Crippen LogP contribution is 2.32. The number of halogens is 2. The minimum atomic E-state index is -0.336. The SMILES string of the molecule is CCN1CC2(CCN(CCc3cccc(F)c3)CC2)OC(C)C1=O.Cl. The molecule has 2 aliphatic rings. The molecule has 1 aromatic carbocycles. The molecule has 0 aromatic heterocycles. The number of likely N-dealkylation sites (tertiary alicyclic amines) is 1. The van der Waals surface area contributed by atoms with Gasteiger partial charge in [0.25, 0.3) is 5.91 Å². The van der Waals surface area contributed by atoms with Crippen LogP contribution in [0.5, 0.6) is 0 Å². The maximum Gasteiger partial charge on any atom is 0.251 e. The first-order valence-corrected chi connectivity index (χ1v) is 8.95. The second-order valence-electron chi connectivity index (χ2n) is 7.02. The van der Waals surface area contributed by atoms with Crippen molar-refractivity contribution < 1.29 is 13.9 Å². The van der Waals surface area contributed by atoms with E-state index in [0.717, 1.165) is 51.0 Å². The first-order chi connectivity index (χ1) is 11.5. The molecule has 1 unspecified atom stereocenters. The van der Waals surface area contributed by atoms with Crippen LogP contribution >= 0.6 is 12.4 Å². The third-order valence-corrected chi connectivity index (χ3v) is 5.32. The van der Waals surface area contributed by atoms with Crippen molar-refractivity contribution in [1.29, 1.82) is 0 Å². The number of ether oxygens (including phenoxy) is 1. The lowest BCUT2D eigenvalue weighted by atomic mass is 9.88. The molecule has 1 amide bonds.